The van der Waals surface area contributed by atoms with E-state index >= 15 is 0 Å². The molecule has 1 aromatic carbocycles. The molecule has 0 atom stereocenters. The van der Waals surface area contributed by atoms with Gasteiger partial charge in [0.2, 0.25) is 0 Å². The molecule has 5 aromatic rings. The Balaban J connectivity index is 1.56. The number of fused-ring (bicyclic) bond motifs is 1. The van der Waals surface area contributed by atoms with E-state index in [-0.39, 0.29) is 5.91 Å². The summed E-state index contributed by atoms with van der Waals surface area (Å²) in [5.41, 5.74) is 3.33. The third-order valence-corrected chi connectivity index (χ3v) is 4.55. The van der Waals surface area contributed by atoms with E-state index in [2.05, 4.69) is 20.3 Å². The highest BCUT2D eigenvalue weighted by molar-refractivity contribution is 6.08. The van der Waals surface area contributed by atoms with Gasteiger partial charge in [-0.1, -0.05) is 24.3 Å². The molecule has 0 aliphatic heterocycles. The summed E-state index contributed by atoms with van der Waals surface area (Å²) in [7, 11) is 0. The average Bonchev–Trinajstić information content (AvgIpc) is 3.40. The third kappa shape index (κ3) is 3.14. The number of para-hydroxylation sites is 1. The maximum absolute atomic E-state index is 12.9. The fraction of sp³-hybridized carbons (Fsp3) is 0. The van der Waals surface area contributed by atoms with Crippen LogP contribution in [-0.2, 0) is 0 Å². The summed E-state index contributed by atoms with van der Waals surface area (Å²) in [5, 5.41) is 2.84. The van der Waals surface area contributed by atoms with Gasteiger partial charge in [-0.2, -0.15) is 0 Å². The molecule has 4 heterocycles. The molecule has 0 radical (unpaired) electrons. The van der Waals surface area contributed by atoms with Crippen LogP contribution in [0.25, 0.3) is 22.7 Å². The quantitative estimate of drug-likeness (QED) is 0.514. The Morgan fingerprint density at radius 1 is 0.966 bits per heavy atom. The van der Waals surface area contributed by atoms with Gasteiger partial charge in [0, 0.05) is 24.3 Å². The molecule has 7 nitrogen and oxygen atoms in total. The second-order valence-corrected chi connectivity index (χ2v) is 6.44. The predicted octanol–water partition coefficient (Wildman–Crippen LogP) is 3.83. The van der Waals surface area contributed by atoms with Crippen LogP contribution in [0.3, 0.4) is 0 Å². The van der Waals surface area contributed by atoms with Crippen molar-refractivity contribution in [3.63, 3.8) is 0 Å². The number of pyridine rings is 2. The van der Waals surface area contributed by atoms with Crippen molar-refractivity contribution in [2.24, 2.45) is 0 Å². The van der Waals surface area contributed by atoms with Gasteiger partial charge in [-0.25, -0.2) is 9.97 Å². The number of rotatable bonds is 4. The number of carbonyl (C=O) groups excluding carboxylic acids is 1. The Kier molecular flexibility index (Phi) is 4.10. The second-order valence-electron chi connectivity index (χ2n) is 6.44. The first-order valence-corrected chi connectivity index (χ1v) is 9.08. The molecule has 0 fully saturated rings. The zero-order chi connectivity index (χ0) is 19.6. The van der Waals surface area contributed by atoms with Crippen LogP contribution in [0.4, 0.5) is 5.69 Å². The van der Waals surface area contributed by atoms with Gasteiger partial charge in [-0.3, -0.25) is 14.2 Å². The first-order chi connectivity index (χ1) is 14.3. The number of hydrogen-bond donors (Lipinski definition) is 1. The molecule has 1 amide bonds. The standard InChI is InChI=1S/C22H16N6O/c29-22(25-16-7-6-11-23-13-16)20-19-10-4-5-12-28(19)21(26-20)18-14-27(15-24-18)17-8-2-1-3-9-17/h1-15H,(H,25,29). The summed E-state index contributed by atoms with van der Waals surface area (Å²) in [6.45, 7) is 0. The van der Waals surface area contributed by atoms with Crippen LogP contribution in [-0.4, -0.2) is 29.8 Å². The van der Waals surface area contributed by atoms with Crippen molar-refractivity contribution in [3.8, 4) is 17.2 Å². The molecule has 4 aromatic heterocycles. The topological polar surface area (TPSA) is 77.1 Å². The lowest BCUT2D eigenvalue weighted by molar-refractivity contribution is 0.102. The van der Waals surface area contributed by atoms with Crippen LogP contribution in [0.5, 0.6) is 0 Å². The summed E-state index contributed by atoms with van der Waals surface area (Å²) in [6, 6.07) is 19.1. The van der Waals surface area contributed by atoms with Crippen molar-refractivity contribution < 1.29 is 4.79 Å². The minimum atomic E-state index is -0.296. The molecule has 0 saturated carbocycles. The predicted molar refractivity (Wildman–Crippen MR) is 110 cm³/mol. The van der Waals surface area contributed by atoms with E-state index in [1.165, 1.54) is 0 Å². The van der Waals surface area contributed by atoms with Crippen LogP contribution in [0.1, 0.15) is 10.5 Å². The van der Waals surface area contributed by atoms with E-state index in [9.17, 15) is 4.79 Å². The van der Waals surface area contributed by atoms with E-state index in [4.69, 9.17) is 0 Å². The van der Waals surface area contributed by atoms with Gasteiger partial charge >= 0.3 is 0 Å². The smallest absolute Gasteiger partial charge is 0.276 e. The zero-order valence-electron chi connectivity index (χ0n) is 15.3. The molecular formula is C22H16N6O. The molecule has 1 N–H and O–H groups in total. The fourth-order valence-corrected chi connectivity index (χ4v) is 3.19. The molecule has 0 unspecified atom stereocenters. The molecular weight excluding hydrogens is 364 g/mol. The SMILES string of the molecule is O=C(Nc1cccnc1)c1nc(-c2cn(-c3ccccc3)cn2)n2ccccc12. The molecule has 0 aliphatic carbocycles. The highest BCUT2D eigenvalue weighted by Gasteiger charge is 2.20. The number of imidazole rings is 2. The van der Waals surface area contributed by atoms with Gasteiger partial charge in [0.1, 0.15) is 12.0 Å². The van der Waals surface area contributed by atoms with Crippen molar-refractivity contribution in [3.05, 3.63) is 97.5 Å². The number of benzene rings is 1. The van der Waals surface area contributed by atoms with Gasteiger partial charge in [0.15, 0.2) is 11.5 Å². The first kappa shape index (κ1) is 16.9. The van der Waals surface area contributed by atoms with Gasteiger partial charge in [0.05, 0.1) is 17.4 Å². The third-order valence-electron chi connectivity index (χ3n) is 4.55. The summed E-state index contributed by atoms with van der Waals surface area (Å²) >= 11 is 0. The lowest BCUT2D eigenvalue weighted by atomic mass is 10.3. The Labute approximate surface area is 166 Å². The summed E-state index contributed by atoms with van der Waals surface area (Å²) in [4.78, 5) is 26.0. The number of anilines is 1. The molecule has 0 bridgehead atoms. The zero-order valence-corrected chi connectivity index (χ0v) is 15.3. The van der Waals surface area contributed by atoms with E-state index in [0.717, 1.165) is 5.69 Å². The molecule has 0 spiro atoms. The van der Waals surface area contributed by atoms with Crippen LogP contribution in [0.2, 0.25) is 0 Å². The Bertz CT molecular complexity index is 1290. The molecule has 7 heteroatoms. The van der Waals surface area contributed by atoms with Crippen molar-refractivity contribution in [2.45, 2.75) is 0 Å². The van der Waals surface area contributed by atoms with Crippen LogP contribution in [0.15, 0.2) is 91.8 Å². The van der Waals surface area contributed by atoms with Crippen LogP contribution in [0, 0.1) is 0 Å². The van der Waals surface area contributed by atoms with E-state index in [1.807, 2.05) is 69.9 Å². The van der Waals surface area contributed by atoms with Crippen molar-refractivity contribution in [1.82, 2.24) is 23.9 Å². The molecule has 140 valence electrons. The summed E-state index contributed by atoms with van der Waals surface area (Å²) < 4.78 is 3.80. The molecule has 5 rings (SSSR count). The summed E-state index contributed by atoms with van der Waals surface area (Å²) in [5.74, 6) is 0.307. The Morgan fingerprint density at radius 2 is 1.83 bits per heavy atom. The lowest BCUT2D eigenvalue weighted by Crippen LogP contribution is -2.12. The van der Waals surface area contributed by atoms with Crippen molar-refractivity contribution in [1.29, 1.82) is 0 Å². The van der Waals surface area contributed by atoms with Gasteiger partial charge in [0.25, 0.3) is 5.91 Å². The monoisotopic (exact) mass is 380 g/mol. The van der Waals surface area contributed by atoms with E-state index in [1.54, 1.807) is 30.9 Å². The summed E-state index contributed by atoms with van der Waals surface area (Å²) in [6.07, 6.45) is 8.77. The number of aromatic nitrogens is 5. The highest BCUT2D eigenvalue weighted by atomic mass is 16.1. The van der Waals surface area contributed by atoms with Crippen molar-refractivity contribution >= 4 is 17.1 Å². The number of nitrogens with one attached hydrogen (secondary N) is 1. The first-order valence-electron chi connectivity index (χ1n) is 9.08. The van der Waals surface area contributed by atoms with Gasteiger partial charge in [-0.05, 0) is 36.4 Å². The minimum absolute atomic E-state index is 0.296. The number of nitrogens with zero attached hydrogens (tertiary/aromatic N) is 5. The Morgan fingerprint density at radius 3 is 2.66 bits per heavy atom. The van der Waals surface area contributed by atoms with Crippen LogP contribution < -0.4 is 5.32 Å². The minimum Gasteiger partial charge on any atom is -0.319 e. The normalized spacial score (nSPS) is 10.9. The van der Waals surface area contributed by atoms with E-state index < -0.39 is 0 Å². The molecule has 29 heavy (non-hydrogen) atoms. The molecule has 0 saturated heterocycles. The largest absolute Gasteiger partial charge is 0.319 e. The van der Waals surface area contributed by atoms with Crippen LogP contribution >= 0.6 is 0 Å². The number of amides is 1. The highest BCUT2D eigenvalue weighted by Crippen LogP contribution is 2.23. The maximum atomic E-state index is 12.9. The van der Waals surface area contributed by atoms with E-state index in [0.29, 0.717) is 28.4 Å². The fourth-order valence-electron chi connectivity index (χ4n) is 3.19. The van der Waals surface area contributed by atoms with Gasteiger partial charge < -0.3 is 9.88 Å². The molecule has 0 aliphatic rings. The average molecular weight is 380 g/mol. The lowest BCUT2D eigenvalue weighted by Gasteiger charge is -2.02. The van der Waals surface area contributed by atoms with Gasteiger partial charge in [-0.15, -0.1) is 0 Å². The van der Waals surface area contributed by atoms with Crippen molar-refractivity contribution in [2.75, 3.05) is 5.32 Å². The number of hydrogen-bond acceptors (Lipinski definition) is 4. The second kappa shape index (κ2) is 7.05. The maximum Gasteiger partial charge on any atom is 0.276 e. The Hall–Kier alpha value is -4.26. The number of carbonyl (C=O) groups is 1.